The molecule has 29 heavy (non-hydrogen) atoms. The van der Waals surface area contributed by atoms with Gasteiger partial charge in [0.25, 0.3) is 0 Å². The summed E-state index contributed by atoms with van der Waals surface area (Å²) in [5.41, 5.74) is 0. The van der Waals surface area contributed by atoms with Crippen LogP contribution in [0.5, 0.6) is 0 Å². The van der Waals surface area contributed by atoms with Crippen LogP contribution >= 0.6 is 0 Å². The second-order valence-electron chi connectivity index (χ2n) is 9.24. The Hall–Kier alpha value is -0.0800. The summed E-state index contributed by atoms with van der Waals surface area (Å²) in [5, 5.41) is 0. The molecule has 0 aromatic heterocycles. The number of nitrogens with one attached hydrogen (secondary N) is 1. The summed E-state index contributed by atoms with van der Waals surface area (Å²) in [5.74, 6) is 1.75. The van der Waals surface area contributed by atoms with E-state index in [1.165, 1.54) is 142 Å². The highest BCUT2D eigenvalue weighted by Gasteiger charge is 2.33. The van der Waals surface area contributed by atoms with Gasteiger partial charge in [-0.3, -0.25) is 0 Å². The minimum Gasteiger partial charge on any atom is -1.00 e. The molecule has 1 aliphatic rings. The van der Waals surface area contributed by atoms with Gasteiger partial charge >= 0.3 is 5.84 Å². The van der Waals surface area contributed by atoms with Gasteiger partial charge in [-0.2, -0.15) is 4.58 Å². The predicted octanol–water partition coefficient (Wildman–Crippen LogP) is 3.38. The first-order valence-corrected chi connectivity index (χ1v) is 13.3. The molecular weight excluding hydrogens is 376 g/mol. The van der Waals surface area contributed by atoms with Crippen LogP contribution in [0.15, 0.2) is 0 Å². The Morgan fingerprint density at radius 3 is 1.55 bits per heavy atom. The molecule has 3 heteroatoms. The van der Waals surface area contributed by atoms with Gasteiger partial charge < -0.3 is 12.4 Å². The van der Waals surface area contributed by atoms with Gasteiger partial charge in [-0.05, 0) is 12.8 Å². The van der Waals surface area contributed by atoms with Crippen molar-refractivity contribution in [2.45, 2.75) is 136 Å². The van der Waals surface area contributed by atoms with Crippen molar-refractivity contribution < 1.29 is 21.9 Å². The Kier molecular flexibility index (Phi) is 21.1. The minimum atomic E-state index is 0. The van der Waals surface area contributed by atoms with Gasteiger partial charge in [-0.15, -0.1) is 0 Å². The molecule has 0 aromatic carbocycles. The SMILES string of the molecule is CCCCCCCCCCCCCCCCCC1=[N+](CCC)CC[NH+]1CCC.[Cl-]. The normalized spacial score (nSPS) is 16.4. The van der Waals surface area contributed by atoms with E-state index in [2.05, 4.69) is 25.3 Å². The average molecular weight is 430 g/mol. The number of halogens is 1. The molecule has 0 amide bonds. The lowest BCUT2D eigenvalue weighted by Crippen LogP contribution is -3.13. The fourth-order valence-corrected chi connectivity index (χ4v) is 4.86. The highest BCUT2D eigenvalue weighted by Crippen LogP contribution is 2.13. The summed E-state index contributed by atoms with van der Waals surface area (Å²) in [6.45, 7) is 12.2. The maximum absolute atomic E-state index is 2.70. The lowest BCUT2D eigenvalue weighted by atomic mass is 10.0. The molecule has 0 fully saturated rings. The van der Waals surface area contributed by atoms with Crippen LogP contribution < -0.4 is 17.3 Å². The molecular formula is C26H54ClN2+. The molecule has 1 aliphatic heterocycles. The van der Waals surface area contributed by atoms with E-state index in [1.807, 2.05) is 0 Å². The van der Waals surface area contributed by atoms with E-state index in [1.54, 1.807) is 10.7 Å². The number of quaternary nitrogens is 1. The van der Waals surface area contributed by atoms with Crippen LogP contribution in [0.3, 0.4) is 0 Å². The second kappa shape index (κ2) is 21.2. The van der Waals surface area contributed by atoms with Crippen molar-refractivity contribution in [2.24, 2.45) is 0 Å². The van der Waals surface area contributed by atoms with E-state index >= 15 is 0 Å². The Morgan fingerprint density at radius 1 is 0.621 bits per heavy atom. The number of hydrogen-bond acceptors (Lipinski definition) is 0. The molecule has 1 heterocycles. The summed E-state index contributed by atoms with van der Waals surface area (Å²) in [6.07, 6.45) is 25.9. The van der Waals surface area contributed by atoms with E-state index in [9.17, 15) is 0 Å². The summed E-state index contributed by atoms with van der Waals surface area (Å²) in [4.78, 5) is 1.79. The van der Waals surface area contributed by atoms with E-state index in [0.717, 1.165) is 0 Å². The van der Waals surface area contributed by atoms with Crippen LogP contribution in [0, 0.1) is 0 Å². The van der Waals surface area contributed by atoms with Crippen LogP contribution in [0.1, 0.15) is 136 Å². The number of amidine groups is 1. The smallest absolute Gasteiger partial charge is 0.336 e. The number of rotatable bonds is 20. The zero-order chi connectivity index (χ0) is 20.3. The van der Waals surface area contributed by atoms with Gasteiger partial charge in [0.15, 0.2) is 6.54 Å². The van der Waals surface area contributed by atoms with Crippen molar-refractivity contribution in [1.29, 1.82) is 0 Å². The number of nitrogens with zero attached hydrogens (tertiary/aromatic N) is 1. The predicted molar refractivity (Wildman–Crippen MR) is 126 cm³/mol. The quantitative estimate of drug-likeness (QED) is 0.224. The monoisotopic (exact) mass is 429 g/mol. The highest BCUT2D eigenvalue weighted by molar-refractivity contribution is 5.68. The van der Waals surface area contributed by atoms with Crippen LogP contribution in [-0.4, -0.2) is 36.6 Å². The van der Waals surface area contributed by atoms with Crippen LogP contribution in [-0.2, 0) is 0 Å². The van der Waals surface area contributed by atoms with Gasteiger partial charge in [0.05, 0.1) is 13.0 Å². The van der Waals surface area contributed by atoms with Crippen molar-refractivity contribution in [3.63, 3.8) is 0 Å². The molecule has 1 unspecified atom stereocenters. The molecule has 1 rings (SSSR count). The van der Waals surface area contributed by atoms with E-state index in [-0.39, 0.29) is 12.4 Å². The Balaban J connectivity index is 0.00000784. The summed E-state index contributed by atoms with van der Waals surface area (Å²) >= 11 is 0. The first kappa shape index (κ1) is 28.9. The van der Waals surface area contributed by atoms with Gasteiger partial charge in [-0.1, -0.05) is 111 Å². The van der Waals surface area contributed by atoms with Crippen LogP contribution in [0.4, 0.5) is 0 Å². The van der Waals surface area contributed by atoms with Gasteiger partial charge in [0, 0.05) is 6.42 Å². The van der Waals surface area contributed by atoms with Crippen LogP contribution in [0.2, 0.25) is 0 Å². The standard InChI is InChI=1S/C26H53N2.ClH/c1-4-7-8-9-10-11-12-13-14-15-16-17-18-19-20-21-26-27(22-5-2)24-25-28(26)23-6-3;/h4-25H2,1-3H3;1H/q+1;. The lowest BCUT2D eigenvalue weighted by molar-refractivity contribution is -0.803. The largest absolute Gasteiger partial charge is 1.00 e. The van der Waals surface area contributed by atoms with Gasteiger partial charge in [0.2, 0.25) is 0 Å². The molecule has 0 aromatic rings. The van der Waals surface area contributed by atoms with Gasteiger partial charge in [0.1, 0.15) is 13.1 Å². The zero-order valence-corrected chi connectivity index (χ0v) is 21.1. The van der Waals surface area contributed by atoms with E-state index in [0.29, 0.717) is 0 Å². The molecule has 0 spiro atoms. The topological polar surface area (TPSA) is 7.45 Å². The Labute approximate surface area is 190 Å². The summed E-state index contributed by atoms with van der Waals surface area (Å²) < 4.78 is 2.70. The second-order valence-corrected chi connectivity index (χ2v) is 9.24. The zero-order valence-electron chi connectivity index (χ0n) is 20.4. The maximum Gasteiger partial charge on any atom is 0.336 e. The summed E-state index contributed by atoms with van der Waals surface area (Å²) in [7, 11) is 0. The highest BCUT2D eigenvalue weighted by atomic mass is 35.5. The third kappa shape index (κ3) is 14.5. The Bertz CT molecular complexity index is 381. The first-order chi connectivity index (χ1) is 13.8. The molecule has 0 radical (unpaired) electrons. The molecule has 1 atom stereocenters. The fraction of sp³-hybridized carbons (Fsp3) is 0.962. The van der Waals surface area contributed by atoms with Crippen molar-refractivity contribution in [2.75, 3.05) is 26.2 Å². The molecule has 1 N–H and O–H groups in total. The summed E-state index contributed by atoms with van der Waals surface area (Å²) in [6, 6.07) is 0. The average Bonchev–Trinajstić information content (AvgIpc) is 3.07. The van der Waals surface area contributed by atoms with Crippen molar-refractivity contribution in [3.05, 3.63) is 0 Å². The van der Waals surface area contributed by atoms with Crippen molar-refractivity contribution >= 4 is 5.84 Å². The van der Waals surface area contributed by atoms with E-state index < -0.39 is 0 Å². The third-order valence-corrected chi connectivity index (χ3v) is 6.54. The molecule has 0 saturated carbocycles. The molecule has 174 valence electrons. The lowest BCUT2D eigenvalue weighted by Gasteiger charge is -2.09. The Morgan fingerprint density at radius 2 is 1.10 bits per heavy atom. The molecule has 0 bridgehead atoms. The van der Waals surface area contributed by atoms with Gasteiger partial charge in [-0.25, -0.2) is 4.90 Å². The maximum atomic E-state index is 2.70. The molecule has 2 nitrogen and oxygen atoms in total. The number of hydrogen-bond donors (Lipinski definition) is 1. The third-order valence-electron chi connectivity index (χ3n) is 6.54. The van der Waals surface area contributed by atoms with Crippen molar-refractivity contribution in [1.82, 2.24) is 0 Å². The van der Waals surface area contributed by atoms with Crippen LogP contribution in [0.25, 0.3) is 0 Å². The molecule has 0 saturated heterocycles. The minimum absolute atomic E-state index is 0. The van der Waals surface area contributed by atoms with E-state index in [4.69, 9.17) is 0 Å². The molecule has 0 aliphatic carbocycles. The van der Waals surface area contributed by atoms with Crippen molar-refractivity contribution in [3.8, 4) is 0 Å². The first-order valence-electron chi connectivity index (χ1n) is 13.3. The fourth-order valence-electron chi connectivity index (χ4n) is 4.86. The number of unbranched alkanes of at least 4 members (excludes halogenated alkanes) is 14.